The summed E-state index contributed by atoms with van der Waals surface area (Å²) in [6.07, 6.45) is 0.647. The molecule has 0 radical (unpaired) electrons. The molecule has 1 aromatic heterocycles. The molecule has 1 saturated heterocycles. The number of hydrogen-bond acceptors (Lipinski definition) is 4. The van der Waals surface area contributed by atoms with Gasteiger partial charge in [0.1, 0.15) is 4.88 Å². The van der Waals surface area contributed by atoms with Gasteiger partial charge in [0, 0.05) is 17.6 Å². The summed E-state index contributed by atoms with van der Waals surface area (Å²) in [5, 5.41) is 1.87. The largest absolute Gasteiger partial charge is 0.469 e. The number of likely N-dealkylation sites (tertiary alicyclic amines) is 1. The summed E-state index contributed by atoms with van der Waals surface area (Å²) in [7, 11) is 1.38. The smallest absolute Gasteiger partial charge is 0.313 e. The van der Waals surface area contributed by atoms with Crippen molar-refractivity contribution in [2.24, 2.45) is 5.41 Å². The number of methoxy groups -OCH3 is 1. The Morgan fingerprint density at radius 3 is 2.83 bits per heavy atom. The quantitative estimate of drug-likeness (QED) is 0.782. The first kappa shape index (κ1) is 13.5. The zero-order valence-electron chi connectivity index (χ0n) is 10.2. The number of halogens is 1. The summed E-state index contributed by atoms with van der Waals surface area (Å²) >= 11 is 4.76. The van der Waals surface area contributed by atoms with Crippen molar-refractivity contribution >= 4 is 39.1 Å². The van der Waals surface area contributed by atoms with E-state index in [0.29, 0.717) is 24.4 Å². The van der Waals surface area contributed by atoms with Crippen LogP contribution < -0.4 is 0 Å². The molecule has 1 fully saturated rings. The highest BCUT2D eigenvalue weighted by atomic mass is 79.9. The van der Waals surface area contributed by atoms with E-state index in [-0.39, 0.29) is 11.9 Å². The Kier molecular flexibility index (Phi) is 3.77. The summed E-state index contributed by atoms with van der Waals surface area (Å²) in [5.74, 6) is -0.271. The van der Waals surface area contributed by atoms with Crippen molar-refractivity contribution in [3.8, 4) is 0 Å². The fourth-order valence-corrected chi connectivity index (χ4v) is 3.65. The van der Waals surface area contributed by atoms with E-state index in [1.54, 1.807) is 4.90 Å². The van der Waals surface area contributed by atoms with Gasteiger partial charge in [-0.1, -0.05) is 0 Å². The van der Waals surface area contributed by atoms with Crippen LogP contribution in [0.2, 0.25) is 0 Å². The molecule has 0 bridgehead atoms. The summed E-state index contributed by atoms with van der Waals surface area (Å²) in [6.45, 7) is 2.85. The third-order valence-electron chi connectivity index (χ3n) is 3.25. The third-order valence-corrected chi connectivity index (χ3v) is 5.08. The van der Waals surface area contributed by atoms with E-state index in [4.69, 9.17) is 4.74 Å². The van der Waals surface area contributed by atoms with Crippen LogP contribution in [0.15, 0.2) is 15.9 Å². The summed E-state index contributed by atoms with van der Waals surface area (Å²) < 4.78 is 5.61. The monoisotopic (exact) mass is 331 g/mol. The molecule has 0 spiro atoms. The number of esters is 1. The Morgan fingerprint density at radius 1 is 1.56 bits per heavy atom. The first-order chi connectivity index (χ1) is 8.48. The van der Waals surface area contributed by atoms with E-state index in [1.807, 2.05) is 18.4 Å². The van der Waals surface area contributed by atoms with E-state index >= 15 is 0 Å². The maximum Gasteiger partial charge on any atom is 0.313 e. The summed E-state index contributed by atoms with van der Waals surface area (Å²) in [5.41, 5.74) is -0.575. The average molecular weight is 332 g/mol. The summed E-state index contributed by atoms with van der Waals surface area (Å²) in [6, 6.07) is 1.85. The van der Waals surface area contributed by atoms with Crippen molar-refractivity contribution in [1.29, 1.82) is 0 Å². The van der Waals surface area contributed by atoms with Crippen molar-refractivity contribution in [2.75, 3.05) is 20.2 Å². The molecule has 0 unspecified atom stereocenters. The van der Waals surface area contributed by atoms with Crippen LogP contribution in [0.25, 0.3) is 0 Å². The van der Waals surface area contributed by atoms with Gasteiger partial charge < -0.3 is 9.64 Å². The average Bonchev–Trinajstić information content (AvgIpc) is 2.95. The van der Waals surface area contributed by atoms with Crippen LogP contribution in [-0.2, 0) is 9.53 Å². The van der Waals surface area contributed by atoms with Gasteiger partial charge in [0.25, 0.3) is 5.91 Å². The highest BCUT2D eigenvalue weighted by molar-refractivity contribution is 9.10. The molecule has 1 aliphatic heterocycles. The number of ether oxygens (including phenoxy) is 1. The van der Waals surface area contributed by atoms with E-state index in [1.165, 1.54) is 18.4 Å². The van der Waals surface area contributed by atoms with Crippen LogP contribution in [0.1, 0.15) is 23.0 Å². The van der Waals surface area contributed by atoms with Gasteiger partial charge in [-0.3, -0.25) is 9.59 Å². The van der Waals surface area contributed by atoms with Crippen molar-refractivity contribution in [2.45, 2.75) is 13.3 Å². The third kappa shape index (κ3) is 2.31. The van der Waals surface area contributed by atoms with Gasteiger partial charge in [0.05, 0.1) is 12.5 Å². The first-order valence-electron chi connectivity index (χ1n) is 5.58. The molecule has 1 atom stereocenters. The minimum atomic E-state index is -0.575. The van der Waals surface area contributed by atoms with Crippen molar-refractivity contribution in [3.05, 3.63) is 20.8 Å². The molecule has 0 aromatic carbocycles. The van der Waals surface area contributed by atoms with Gasteiger partial charge in [-0.15, -0.1) is 11.3 Å². The molecular formula is C12H14BrNO3S. The van der Waals surface area contributed by atoms with Crippen LogP contribution in [-0.4, -0.2) is 37.0 Å². The van der Waals surface area contributed by atoms with E-state index < -0.39 is 5.41 Å². The fourth-order valence-electron chi connectivity index (χ4n) is 2.14. The van der Waals surface area contributed by atoms with Gasteiger partial charge in [-0.25, -0.2) is 0 Å². The van der Waals surface area contributed by atoms with Gasteiger partial charge >= 0.3 is 5.97 Å². The Morgan fingerprint density at radius 2 is 2.28 bits per heavy atom. The molecule has 1 aliphatic rings. The zero-order valence-corrected chi connectivity index (χ0v) is 12.6. The van der Waals surface area contributed by atoms with E-state index in [0.717, 1.165) is 4.47 Å². The minimum absolute atomic E-state index is 0.0236. The predicted octanol–water partition coefficient (Wildman–Crippen LogP) is 2.54. The zero-order chi connectivity index (χ0) is 13.3. The molecule has 2 heterocycles. The van der Waals surface area contributed by atoms with Crippen molar-refractivity contribution < 1.29 is 14.3 Å². The number of thiophene rings is 1. The lowest BCUT2D eigenvalue weighted by Gasteiger charge is -2.21. The lowest BCUT2D eigenvalue weighted by Crippen LogP contribution is -2.35. The highest BCUT2D eigenvalue weighted by Gasteiger charge is 2.43. The lowest BCUT2D eigenvalue weighted by molar-refractivity contribution is -0.150. The molecule has 6 heteroatoms. The maximum atomic E-state index is 12.3. The van der Waals surface area contributed by atoms with E-state index in [2.05, 4.69) is 15.9 Å². The van der Waals surface area contributed by atoms with Crippen molar-refractivity contribution in [3.63, 3.8) is 0 Å². The molecule has 2 rings (SSSR count). The standard InChI is InChI=1S/C12H14BrNO3S/c1-12(11(16)17-2)4-5-14(7-12)10(15)9-8(13)3-6-18-9/h3,6H,4-5,7H2,1-2H3/t12-/m1/s1. The molecule has 0 N–H and O–H groups in total. The van der Waals surface area contributed by atoms with Crippen LogP contribution in [0.5, 0.6) is 0 Å². The second-order valence-corrected chi connectivity index (χ2v) is 6.40. The molecule has 0 saturated carbocycles. The molecule has 4 nitrogen and oxygen atoms in total. The second kappa shape index (κ2) is 5.01. The fraction of sp³-hybridized carbons (Fsp3) is 0.500. The van der Waals surface area contributed by atoms with Crippen LogP contribution in [0.3, 0.4) is 0 Å². The normalized spacial score (nSPS) is 23.2. The lowest BCUT2D eigenvalue weighted by atomic mass is 9.90. The Bertz CT molecular complexity index is 487. The van der Waals surface area contributed by atoms with Crippen molar-refractivity contribution in [1.82, 2.24) is 4.90 Å². The van der Waals surface area contributed by atoms with Gasteiger partial charge in [-0.05, 0) is 40.7 Å². The number of carbonyl (C=O) groups excluding carboxylic acids is 2. The Hall–Kier alpha value is -0.880. The molecule has 0 aliphatic carbocycles. The molecule has 1 aromatic rings. The van der Waals surface area contributed by atoms with Gasteiger partial charge in [0.15, 0.2) is 0 Å². The molecule has 18 heavy (non-hydrogen) atoms. The van der Waals surface area contributed by atoms with Crippen LogP contribution >= 0.6 is 27.3 Å². The number of rotatable bonds is 2. The SMILES string of the molecule is COC(=O)[C@]1(C)CCN(C(=O)c2sccc2Br)C1. The van der Waals surface area contributed by atoms with Gasteiger partial charge in [0.2, 0.25) is 0 Å². The van der Waals surface area contributed by atoms with E-state index in [9.17, 15) is 9.59 Å². The Balaban J connectivity index is 2.12. The molecule has 98 valence electrons. The highest BCUT2D eigenvalue weighted by Crippen LogP contribution is 2.33. The van der Waals surface area contributed by atoms with Gasteiger partial charge in [-0.2, -0.15) is 0 Å². The summed E-state index contributed by atoms with van der Waals surface area (Å²) in [4.78, 5) is 26.4. The topological polar surface area (TPSA) is 46.6 Å². The second-order valence-electron chi connectivity index (χ2n) is 4.63. The number of hydrogen-bond donors (Lipinski definition) is 0. The van der Waals surface area contributed by atoms with Crippen LogP contribution in [0, 0.1) is 5.41 Å². The molecular weight excluding hydrogens is 318 g/mol. The number of carbonyl (C=O) groups is 2. The van der Waals surface area contributed by atoms with Crippen LogP contribution in [0.4, 0.5) is 0 Å². The number of nitrogens with zero attached hydrogens (tertiary/aromatic N) is 1. The number of amides is 1. The Labute approximate surface area is 118 Å². The molecule has 1 amide bonds. The predicted molar refractivity (Wildman–Crippen MR) is 72.7 cm³/mol. The maximum absolute atomic E-state index is 12.3. The first-order valence-corrected chi connectivity index (χ1v) is 7.26. The minimum Gasteiger partial charge on any atom is -0.469 e.